The minimum atomic E-state index is -0.847. The van der Waals surface area contributed by atoms with Crippen LogP contribution in [0.4, 0.5) is 26.1 Å². The van der Waals surface area contributed by atoms with Gasteiger partial charge in [0.25, 0.3) is 5.91 Å². The Kier molecular flexibility index (Phi) is 4.27. The molecular weight excluding hydrogens is 350 g/mol. The van der Waals surface area contributed by atoms with Crippen molar-refractivity contribution in [2.75, 3.05) is 10.2 Å². The molecule has 27 heavy (non-hydrogen) atoms. The lowest BCUT2D eigenvalue weighted by molar-refractivity contribution is 0.102. The molecule has 4 rings (SSSR count). The fraction of sp³-hybridized carbons (Fsp3) is 0.150. The van der Waals surface area contributed by atoms with Gasteiger partial charge in [-0.1, -0.05) is 24.3 Å². The van der Waals surface area contributed by atoms with Crippen molar-refractivity contribution in [3.63, 3.8) is 0 Å². The van der Waals surface area contributed by atoms with Gasteiger partial charge in [0.05, 0.1) is 0 Å². The largest absolute Gasteiger partial charge is 0.316 e. The molecule has 1 atom stereocenters. The number of hydrogen-bond donors (Lipinski definition) is 1. The van der Waals surface area contributed by atoms with Gasteiger partial charge < -0.3 is 10.2 Å². The number of anilines is 3. The van der Waals surface area contributed by atoms with E-state index in [1.807, 2.05) is 36.1 Å². The summed E-state index contributed by atoms with van der Waals surface area (Å²) in [5.74, 6) is -2.03. The van der Waals surface area contributed by atoms with Crippen LogP contribution in [0.5, 0.6) is 0 Å². The summed E-state index contributed by atoms with van der Waals surface area (Å²) in [6.07, 6.45) is 2.30. The predicted octanol–water partition coefficient (Wildman–Crippen LogP) is 4.09. The Morgan fingerprint density at radius 3 is 2.63 bits per heavy atom. The number of rotatable bonds is 3. The number of carbonyl (C=O) groups is 1. The summed E-state index contributed by atoms with van der Waals surface area (Å²) in [6.45, 7) is 2.05. The predicted molar refractivity (Wildman–Crippen MR) is 98.1 cm³/mol. The SMILES string of the molecule is CC1Cc2ccccc2N1c1nccc(C(=O)Nc2c(F)cccc2F)n1. The van der Waals surface area contributed by atoms with Crippen LogP contribution in [0, 0.1) is 11.6 Å². The maximum absolute atomic E-state index is 13.8. The van der Waals surface area contributed by atoms with E-state index in [0.29, 0.717) is 5.95 Å². The van der Waals surface area contributed by atoms with E-state index < -0.39 is 23.2 Å². The highest BCUT2D eigenvalue weighted by Gasteiger charge is 2.29. The number of hydrogen-bond acceptors (Lipinski definition) is 4. The lowest BCUT2D eigenvalue weighted by atomic mass is 10.1. The molecule has 0 fully saturated rings. The first kappa shape index (κ1) is 17.1. The third-order valence-corrected chi connectivity index (χ3v) is 4.50. The second-order valence-corrected chi connectivity index (χ2v) is 6.34. The van der Waals surface area contributed by atoms with Crippen LogP contribution in [-0.4, -0.2) is 21.9 Å². The van der Waals surface area contributed by atoms with Crippen molar-refractivity contribution in [3.05, 3.63) is 77.6 Å². The highest BCUT2D eigenvalue weighted by molar-refractivity contribution is 6.03. The summed E-state index contributed by atoms with van der Waals surface area (Å²) in [6, 6.07) is 12.8. The summed E-state index contributed by atoms with van der Waals surface area (Å²) < 4.78 is 27.5. The van der Waals surface area contributed by atoms with Crippen LogP contribution in [-0.2, 0) is 6.42 Å². The highest BCUT2D eigenvalue weighted by Crippen LogP contribution is 2.36. The molecule has 2 aromatic carbocycles. The van der Waals surface area contributed by atoms with Crippen LogP contribution < -0.4 is 10.2 Å². The molecule has 0 aliphatic carbocycles. The van der Waals surface area contributed by atoms with Gasteiger partial charge in [0.15, 0.2) is 0 Å². The molecule has 1 aromatic heterocycles. The Morgan fingerprint density at radius 2 is 1.85 bits per heavy atom. The first-order valence-corrected chi connectivity index (χ1v) is 8.50. The summed E-state index contributed by atoms with van der Waals surface area (Å²) in [5.41, 5.74) is 1.70. The smallest absolute Gasteiger partial charge is 0.274 e. The molecule has 3 aromatic rings. The van der Waals surface area contributed by atoms with Gasteiger partial charge in [-0.3, -0.25) is 4.79 Å². The Balaban J connectivity index is 1.64. The van der Waals surface area contributed by atoms with Crippen LogP contribution in [0.1, 0.15) is 23.0 Å². The van der Waals surface area contributed by atoms with Crippen molar-refractivity contribution in [1.29, 1.82) is 0 Å². The van der Waals surface area contributed by atoms with E-state index in [-0.39, 0.29) is 11.7 Å². The molecule has 0 radical (unpaired) electrons. The van der Waals surface area contributed by atoms with Crippen LogP contribution in [0.25, 0.3) is 0 Å². The zero-order valence-corrected chi connectivity index (χ0v) is 14.5. The second kappa shape index (κ2) is 6.75. The first-order valence-electron chi connectivity index (χ1n) is 8.50. The molecule has 5 nitrogen and oxygen atoms in total. The van der Waals surface area contributed by atoms with Gasteiger partial charge >= 0.3 is 0 Å². The standard InChI is InChI=1S/C20H16F2N4O/c1-12-11-13-5-2-3-8-17(13)26(12)20-23-10-9-16(24-20)19(27)25-18-14(21)6-4-7-15(18)22/h2-10,12H,11H2,1H3,(H,25,27). The number of carbonyl (C=O) groups excluding carboxylic acids is 1. The fourth-order valence-electron chi connectivity index (χ4n) is 3.26. The maximum atomic E-state index is 13.8. The molecule has 1 aliphatic rings. The number of fused-ring (bicyclic) bond motifs is 1. The van der Waals surface area contributed by atoms with Crippen LogP contribution in [0.15, 0.2) is 54.7 Å². The lowest BCUT2D eigenvalue weighted by Gasteiger charge is -2.22. The topological polar surface area (TPSA) is 58.1 Å². The summed E-state index contributed by atoms with van der Waals surface area (Å²) in [7, 11) is 0. The summed E-state index contributed by atoms with van der Waals surface area (Å²) in [4.78, 5) is 23.0. The van der Waals surface area contributed by atoms with Gasteiger partial charge in [0.2, 0.25) is 5.95 Å². The van der Waals surface area contributed by atoms with Gasteiger partial charge in [-0.15, -0.1) is 0 Å². The molecule has 2 heterocycles. The Morgan fingerprint density at radius 1 is 1.11 bits per heavy atom. The Hall–Kier alpha value is -3.35. The summed E-state index contributed by atoms with van der Waals surface area (Å²) >= 11 is 0. The van der Waals surface area contributed by atoms with E-state index in [2.05, 4.69) is 15.3 Å². The van der Waals surface area contributed by atoms with Crippen LogP contribution in [0.2, 0.25) is 0 Å². The number of para-hydroxylation sites is 2. The number of amides is 1. The number of nitrogens with one attached hydrogen (secondary N) is 1. The van der Waals surface area contributed by atoms with E-state index in [0.717, 1.165) is 24.2 Å². The molecule has 0 bridgehead atoms. The first-order chi connectivity index (χ1) is 13.0. The van der Waals surface area contributed by atoms with E-state index in [4.69, 9.17) is 0 Å². The summed E-state index contributed by atoms with van der Waals surface area (Å²) in [5, 5.41) is 2.25. The zero-order chi connectivity index (χ0) is 19.0. The molecule has 0 saturated carbocycles. The van der Waals surface area contributed by atoms with Crippen molar-refractivity contribution in [3.8, 4) is 0 Å². The average Bonchev–Trinajstić information content (AvgIpc) is 3.00. The van der Waals surface area contributed by atoms with Crippen molar-refractivity contribution in [2.24, 2.45) is 0 Å². The Labute approximate surface area is 154 Å². The molecule has 7 heteroatoms. The maximum Gasteiger partial charge on any atom is 0.274 e. The van der Waals surface area contributed by atoms with Gasteiger partial charge in [0.1, 0.15) is 23.0 Å². The molecule has 1 aliphatic heterocycles. The molecular formula is C20H16F2N4O. The Bertz CT molecular complexity index is 1000. The van der Waals surface area contributed by atoms with Gasteiger partial charge in [0, 0.05) is 17.9 Å². The molecule has 0 spiro atoms. The second-order valence-electron chi connectivity index (χ2n) is 6.34. The number of halogens is 2. The highest BCUT2D eigenvalue weighted by atomic mass is 19.1. The molecule has 136 valence electrons. The molecule has 1 amide bonds. The molecule has 0 saturated heterocycles. The van der Waals surface area contributed by atoms with E-state index >= 15 is 0 Å². The lowest BCUT2D eigenvalue weighted by Crippen LogP contribution is -2.27. The van der Waals surface area contributed by atoms with E-state index in [1.165, 1.54) is 23.9 Å². The van der Waals surface area contributed by atoms with Crippen molar-refractivity contribution >= 4 is 23.2 Å². The average molecular weight is 366 g/mol. The van der Waals surface area contributed by atoms with Gasteiger partial charge in [-0.25, -0.2) is 18.7 Å². The van der Waals surface area contributed by atoms with Crippen LogP contribution in [0.3, 0.4) is 0 Å². The quantitative estimate of drug-likeness (QED) is 0.759. The fourth-order valence-corrected chi connectivity index (χ4v) is 3.26. The minimum absolute atomic E-state index is 0.0271. The third-order valence-electron chi connectivity index (χ3n) is 4.50. The van der Waals surface area contributed by atoms with E-state index in [9.17, 15) is 13.6 Å². The molecule has 1 N–H and O–H groups in total. The van der Waals surface area contributed by atoms with Crippen molar-refractivity contribution in [2.45, 2.75) is 19.4 Å². The monoisotopic (exact) mass is 366 g/mol. The number of nitrogens with zero attached hydrogens (tertiary/aromatic N) is 3. The van der Waals surface area contributed by atoms with Crippen molar-refractivity contribution < 1.29 is 13.6 Å². The van der Waals surface area contributed by atoms with Crippen LogP contribution >= 0.6 is 0 Å². The van der Waals surface area contributed by atoms with Crippen molar-refractivity contribution in [1.82, 2.24) is 9.97 Å². The number of aromatic nitrogens is 2. The van der Waals surface area contributed by atoms with E-state index in [1.54, 1.807) is 0 Å². The van der Waals surface area contributed by atoms with Gasteiger partial charge in [-0.2, -0.15) is 0 Å². The third kappa shape index (κ3) is 3.12. The van der Waals surface area contributed by atoms with Gasteiger partial charge in [-0.05, 0) is 43.2 Å². The number of benzene rings is 2. The normalized spacial score (nSPS) is 15.5. The molecule has 1 unspecified atom stereocenters. The minimum Gasteiger partial charge on any atom is -0.316 e. The zero-order valence-electron chi connectivity index (χ0n) is 14.5.